The Hall–Kier alpha value is -9.65. The Bertz CT molecular complexity index is 4620. The largest absolute Gasteiger partial charge is 0.455 e. The molecule has 0 unspecified atom stereocenters. The van der Waals surface area contributed by atoms with Crippen LogP contribution in [0.25, 0.3) is 144 Å². The fourth-order valence-electron chi connectivity index (χ4n) is 11.1. The lowest BCUT2D eigenvalue weighted by Gasteiger charge is -2.14. The maximum absolute atomic E-state index is 7.07. The SMILES string of the molecule is c1ccc(-c2ccc(-c3nc(-c4ccc(-n5c6cc7ccccc7cc6c6c7ccccc7ccc65)c5c4oc4ccccc45)nc(-c4cccc5c6ccccc6n(-c6ccccc6)c45)n3)cc2)cc1. The molecule has 0 saturated carbocycles. The third-order valence-corrected chi connectivity index (χ3v) is 14.3. The second kappa shape index (κ2) is 15.4. The molecule has 330 valence electrons. The summed E-state index contributed by atoms with van der Waals surface area (Å²) < 4.78 is 11.8. The molecule has 0 spiro atoms. The quantitative estimate of drug-likeness (QED) is 0.167. The smallest absolute Gasteiger partial charge is 0.167 e. The zero-order chi connectivity index (χ0) is 46.6. The molecule has 0 aliphatic carbocycles. The normalized spacial score (nSPS) is 11.9. The maximum atomic E-state index is 7.07. The van der Waals surface area contributed by atoms with E-state index in [0.29, 0.717) is 23.1 Å². The van der Waals surface area contributed by atoms with Crippen molar-refractivity contribution in [3.63, 3.8) is 0 Å². The Morgan fingerprint density at radius 1 is 0.324 bits per heavy atom. The van der Waals surface area contributed by atoms with Crippen LogP contribution in [0.1, 0.15) is 0 Å². The Morgan fingerprint density at radius 2 is 0.944 bits per heavy atom. The van der Waals surface area contributed by atoms with Crippen molar-refractivity contribution < 1.29 is 4.42 Å². The van der Waals surface area contributed by atoms with Crippen molar-refractivity contribution in [2.24, 2.45) is 0 Å². The Kier molecular flexibility index (Phi) is 8.56. The van der Waals surface area contributed by atoms with Crippen LogP contribution in [0.2, 0.25) is 0 Å². The van der Waals surface area contributed by atoms with Crippen molar-refractivity contribution in [3.05, 3.63) is 237 Å². The second-order valence-electron chi connectivity index (χ2n) is 18.3. The first kappa shape index (κ1) is 39.4. The Morgan fingerprint density at radius 3 is 1.76 bits per heavy atom. The fourth-order valence-corrected chi connectivity index (χ4v) is 11.1. The zero-order valence-corrected chi connectivity index (χ0v) is 38.2. The van der Waals surface area contributed by atoms with E-state index in [1.54, 1.807) is 0 Å². The van der Waals surface area contributed by atoms with Crippen molar-refractivity contribution in [2.45, 2.75) is 0 Å². The van der Waals surface area contributed by atoms with Crippen LogP contribution < -0.4 is 0 Å². The van der Waals surface area contributed by atoms with Crippen LogP contribution in [0.5, 0.6) is 0 Å². The highest BCUT2D eigenvalue weighted by molar-refractivity contribution is 6.25. The van der Waals surface area contributed by atoms with Gasteiger partial charge < -0.3 is 13.6 Å². The highest BCUT2D eigenvalue weighted by Gasteiger charge is 2.25. The molecule has 0 amide bonds. The van der Waals surface area contributed by atoms with Crippen LogP contribution in [0.3, 0.4) is 0 Å². The number of hydrogen-bond acceptors (Lipinski definition) is 4. The molecular formula is C65H39N5O. The average molecular weight is 906 g/mol. The van der Waals surface area contributed by atoms with E-state index in [2.05, 4.69) is 234 Å². The van der Waals surface area contributed by atoms with Gasteiger partial charge in [0.25, 0.3) is 0 Å². The first-order valence-corrected chi connectivity index (χ1v) is 24.0. The van der Waals surface area contributed by atoms with Crippen LogP contribution in [-0.4, -0.2) is 24.1 Å². The first-order valence-electron chi connectivity index (χ1n) is 24.0. The number of furan rings is 1. The van der Waals surface area contributed by atoms with E-state index in [1.165, 1.54) is 32.3 Å². The zero-order valence-electron chi connectivity index (χ0n) is 38.2. The van der Waals surface area contributed by atoms with E-state index >= 15 is 0 Å². The van der Waals surface area contributed by atoms with Gasteiger partial charge in [0.15, 0.2) is 17.5 Å². The van der Waals surface area contributed by atoms with Gasteiger partial charge in [-0.15, -0.1) is 0 Å². The lowest BCUT2D eigenvalue weighted by atomic mass is 10.0. The average Bonchev–Trinajstić information content (AvgIpc) is 4.11. The monoisotopic (exact) mass is 905 g/mol. The lowest BCUT2D eigenvalue weighted by molar-refractivity contribution is 0.669. The van der Waals surface area contributed by atoms with E-state index in [0.717, 1.165) is 88.4 Å². The van der Waals surface area contributed by atoms with Crippen molar-refractivity contribution in [3.8, 4) is 56.7 Å². The van der Waals surface area contributed by atoms with E-state index in [9.17, 15) is 0 Å². The Balaban J connectivity index is 1.02. The number of hydrogen-bond donors (Lipinski definition) is 0. The molecule has 0 fully saturated rings. The summed E-state index contributed by atoms with van der Waals surface area (Å²) in [6.45, 7) is 0. The molecule has 0 radical (unpaired) electrons. The molecule has 11 aromatic carbocycles. The van der Waals surface area contributed by atoms with Crippen molar-refractivity contribution in [2.75, 3.05) is 0 Å². The minimum atomic E-state index is 0.520. The number of nitrogens with zero attached hydrogens (tertiary/aromatic N) is 5. The number of fused-ring (bicyclic) bond motifs is 12. The standard InChI is InChI=1S/C65H39N5O/c1-3-16-40(17-4-1)41-30-32-43(33-31-41)63-66-64(51-27-15-26-49-48-24-11-13-28-54(48)69(61(49)51)46-21-5-2-6-22-46)68-65(67-63)52-35-37-56(60-50-25-12-14-29-58(50)71-62(52)60)70-55-36-34-42-18-9-10-23-47(42)59(55)53-38-44-19-7-8-20-45(44)39-57(53)70/h1-39H. The van der Waals surface area contributed by atoms with Crippen LogP contribution in [0, 0.1) is 0 Å². The van der Waals surface area contributed by atoms with Gasteiger partial charge in [0.1, 0.15) is 11.2 Å². The molecule has 0 aliphatic rings. The number of para-hydroxylation sites is 4. The molecule has 0 atom stereocenters. The predicted molar refractivity (Wildman–Crippen MR) is 293 cm³/mol. The Labute approximate surface area is 407 Å². The van der Waals surface area contributed by atoms with Crippen molar-refractivity contribution in [1.29, 1.82) is 0 Å². The summed E-state index contributed by atoms with van der Waals surface area (Å²) in [6.07, 6.45) is 0. The van der Waals surface area contributed by atoms with Crippen LogP contribution in [-0.2, 0) is 0 Å². The molecule has 6 nitrogen and oxygen atoms in total. The molecule has 15 rings (SSSR count). The van der Waals surface area contributed by atoms with Gasteiger partial charge in [-0.25, -0.2) is 15.0 Å². The summed E-state index contributed by atoms with van der Waals surface area (Å²) in [7, 11) is 0. The van der Waals surface area contributed by atoms with E-state index < -0.39 is 0 Å². The lowest BCUT2D eigenvalue weighted by Crippen LogP contribution is -2.03. The van der Waals surface area contributed by atoms with Gasteiger partial charge in [-0.1, -0.05) is 176 Å². The van der Waals surface area contributed by atoms with Gasteiger partial charge in [0.2, 0.25) is 0 Å². The minimum absolute atomic E-state index is 0.520. The first-order chi connectivity index (χ1) is 35.2. The minimum Gasteiger partial charge on any atom is -0.455 e. The molecule has 0 N–H and O–H groups in total. The molecule has 4 heterocycles. The van der Waals surface area contributed by atoms with Crippen LogP contribution >= 0.6 is 0 Å². The van der Waals surface area contributed by atoms with Gasteiger partial charge in [-0.3, -0.25) is 0 Å². The molecule has 4 aromatic heterocycles. The summed E-state index contributed by atoms with van der Waals surface area (Å²) in [5.74, 6) is 1.65. The van der Waals surface area contributed by atoms with E-state index in [4.69, 9.17) is 19.4 Å². The molecule has 6 heteroatoms. The molecule has 15 aromatic rings. The molecule has 0 bridgehead atoms. The van der Waals surface area contributed by atoms with Gasteiger partial charge in [-0.05, 0) is 93.3 Å². The van der Waals surface area contributed by atoms with Gasteiger partial charge in [0, 0.05) is 43.7 Å². The third-order valence-electron chi connectivity index (χ3n) is 14.3. The maximum Gasteiger partial charge on any atom is 0.167 e. The van der Waals surface area contributed by atoms with Crippen LogP contribution in [0.4, 0.5) is 0 Å². The van der Waals surface area contributed by atoms with E-state index in [-0.39, 0.29) is 0 Å². The summed E-state index contributed by atoms with van der Waals surface area (Å²) in [5, 5.41) is 11.5. The summed E-state index contributed by atoms with van der Waals surface area (Å²) in [4.78, 5) is 16.3. The topological polar surface area (TPSA) is 61.7 Å². The van der Waals surface area contributed by atoms with Crippen LogP contribution in [0.15, 0.2) is 241 Å². The van der Waals surface area contributed by atoms with Gasteiger partial charge in [0.05, 0.1) is 38.7 Å². The number of benzene rings is 11. The summed E-state index contributed by atoms with van der Waals surface area (Å²) >= 11 is 0. The third kappa shape index (κ3) is 6.05. The highest BCUT2D eigenvalue weighted by Crippen LogP contribution is 2.45. The van der Waals surface area contributed by atoms with Gasteiger partial charge in [-0.2, -0.15) is 0 Å². The molecule has 0 aliphatic heterocycles. The summed E-state index contributed by atoms with van der Waals surface area (Å²) in [6, 6.07) is 83.8. The highest BCUT2D eigenvalue weighted by atomic mass is 16.3. The molecular weight excluding hydrogens is 867 g/mol. The number of rotatable bonds is 6. The number of aromatic nitrogens is 5. The van der Waals surface area contributed by atoms with E-state index in [1.807, 2.05) is 12.1 Å². The van der Waals surface area contributed by atoms with Crippen molar-refractivity contribution in [1.82, 2.24) is 24.1 Å². The molecule has 71 heavy (non-hydrogen) atoms. The predicted octanol–water partition coefficient (Wildman–Crippen LogP) is 16.9. The molecule has 0 saturated heterocycles. The fraction of sp³-hybridized carbons (Fsp3) is 0. The second-order valence-corrected chi connectivity index (χ2v) is 18.3. The summed E-state index contributed by atoms with van der Waals surface area (Å²) in [5.41, 5.74) is 12.8. The van der Waals surface area contributed by atoms with Gasteiger partial charge >= 0.3 is 0 Å². The van der Waals surface area contributed by atoms with Crippen molar-refractivity contribution >= 4 is 87.1 Å².